The van der Waals surface area contributed by atoms with Crippen molar-refractivity contribution >= 4 is 31.7 Å². The van der Waals surface area contributed by atoms with Gasteiger partial charge in [-0.3, -0.25) is 0 Å². The summed E-state index contributed by atoms with van der Waals surface area (Å²) in [6.07, 6.45) is 4.15. The molecule has 0 heterocycles. The van der Waals surface area contributed by atoms with Gasteiger partial charge in [-0.15, -0.1) is 44.5 Å². The Bertz CT molecular complexity index is 4100. The molecule has 0 fully saturated rings. The van der Waals surface area contributed by atoms with Crippen LogP contribution in [0.25, 0.3) is 44.5 Å². The number of hydrogen-bond acceptors (Lipinski definition) is 0. The third-order valence-electron chi connectivity index (χ3n) is 18.3. The summed E-state index contributed by atoms with van der Waals surface area (Å²) in [6.45, 7) is 26.9. The molecule has 0 unspecified atom stereocenters. The van der Waals surface area contributed by atoms with Crippen molar-refractivity contribution < 1.29 is 70.8 Å². The van der Waals surface area contributed by atoms with Crippen LogP contribution < -0.4 is 45.6 Å². The van der Waals surface area contributed by atoms with E-state index in [-0.39, 0.29) is 46.5 Å². The summed E-state index contributed by atoms with van der Waals surface area (Å²) >= 11 is 2.53. The molecule has 0 bridgehead atoms. The first-order chi connectivity index (χ1) is 46.0. The average molecular weight is 1680 g/mol. The van der Waals surface area contributed by atoms with Gasteiger partial charge < -0.3 is 24.8 Å². The minimum atomic E-state index is -0.406. The molecule has 0 spiro atoms. The van der Waals surface area contributed by atoms with Crippen LogP contribution in [0.15, 0.2) is 267 Å². The van der Waals surface area contributed by atoms with E-state index < -0.39 is 11.0 Å². The van der Waals surface area contributed by atoms with Crippen LogP contribution in [0.1, 0.15) is 150 Å². The molecular formula is C92H88Cl2Hf2Si2-2. The van der Waals surface area contributed by atoms with Crippen molar-refractivity contribution in [3.63, 3.8) is 0 Å². The molecule has 16 rings (SSSR count). The van der Waals surface area contributed by atoms with Gasteiger partial charge in [0.05, 0.1) is 0 Å². The van der Waals surface area contributed by atoms with E-state index >= 15 is 0 Å². The van der Waals surface area contributed by atoms with E-state index in [2.05, 4.69) is 374 Å². The van der Waals surface area contributed by atoms with E-state index in [4.69, 9.17) is 0 Å². The van der Waals surface area contributed by atoms with Crippen molar-refractivity contribution in [2.24, 2.45) is 0 Å². The zero-order valence-corrected chi connectivity index (χ0v) is 69.7. The Morgan fingerprint density at radius 2 is 0.398 bits per heavy atom. The second kappa shape index (κ2) is 33.3. The molecule has 0 aliphatic heterocycles. The second-order valence-electron chi connectivity index (χ2n) is 29.6. The van der Waals surface area contributed by atoms with Crippen LogP contribution in [0.5, 0.6) is 0 Å². The van der Waals surface area contributed by atoms with Gasteiger partial charge in [0.2, 0.25) is 0 Å². The van der Waals surface area contributed by atoms with Crippen LogP contribution in [0.2, 0.25) is 0 Å². The fourth-order valence-corrected chi connectivity index (χ4v) is 22.7. The van der Waals surface area contributed by atoms with Crippen LogP contribution >= 0.6 is 0 Å². The third-order valence-corrected chi connectivity index (χ3v) is 34.4. The topological polar surface area (TPSA) is 0 Å². The molecule has 488 valence electrons. The van der Waals surface area contributed by atoms with Crippen molar-refractivity contribution in [3.8, 4) is 44.5 Å². The first kappa shape index (κ1) is 75.6. The average Bonchev–Trinajstić information content (AvgIpc) is 1.66. The molecule has 0 N–H and O–H groups in total. The first-order valence-corrected chi connectivity index (χ1v) is 47.7. The monoisotopic (exact) mass is 1680 g/mol. The standard InChI is InChI=1S/4C17H17.2C12H10Si.2ClH.2Hf/c4*1-17(2,3)14-8-9-16-13(11-14)10-12-6-4-5-7-15(12)16;2*1-3-7-11(8-4-1)13-12-9-5-2-6-10-12;;;;/h4*4-9H,10H2,1-3H3;2*1-10H;2*1H;;/q4*-1;;;;;2*+2/p-2. The third kappa shape index (κ3) is 18.7. The molecule has 12 aromatic rings. The van der Waals surface area contributed by atoms with Gasteiger partial charge in [-0.2, -0.15) is 95.1 Å². The minimum absolute atomic E-state index is 0. The number of hydrogen-bond donors (Lipinski definition) is 0. The van der Waals surface area contributed by atoms with Crippen LogP contribution in [0, 0.1) is 24.3 Å². The van der Waals surface area contributed by atoms with E-state index in [1.54, 1.807) is 0 Å². The molecule has 0 nitrogen and oxygen atoms in total. The summed E-state index contributed by atoms with van der Waals surface area (Å²) in [5.41, 5.74) is 27.4. The van der Waals surface area contributed by atoms with Gasteiger partial charge in [0.15, 0.2) is 0 Å². The molecule has 4 aliphatic carbocycles. The second-order valence-corrected chi connectivity index (χ2v) is 44.2. The van der Waals surface area contributed by atoms with E-state index in [0.29, 0.717) is 0 Å². The van der Waals surface area contributed by atoms with Gasteiger partial charge in [0, 0.05) is 0 Å². The Morgan fingerprint density at radius 3 is 0.582 bits per heavy atom. The van der Waals surface area contributed by atoms with Crippen LogP contribution in [0.3, 0.4) is 0 Å². The van der Waals surface area contributed by atoms with Crippen molar-refractivity contribution in [3.05, 3.63) is 358 Å². The fraction of sp³-hybridized carbons (Fsp3) is 0.217. The summed E-state index contributed by atoms with van der Waals surface area (Å²) in [6, 6.07) is 111. The number of benzene rings is 12. The van der Waals surface area contributed by atoms with Gasteiger partial charge in [-0.25, -0.2) is 0 Å². The summed E-state index contributed by atoms with van der Waals surface area (Å²) in [5.74, 6) is 0. The maximum atomic E-state index is 3.61. The Hall–Kier alpha value is -6.61. The van der Waals surface area contributed by atoms with E-state index in [9.17, 15) is 0 Å². The van der Waals surface area contributed by atoms with Gasteiger partial charge in [0.1, 0.15) is 0 Å². The molecule has 0 saturated carbocycles. The quantitative estimate of drug-likeness (QED) is 0.122. The Balaban J connectivity index is 0.000000137. The zero-order chi connectivity index (χ0) is 67.8. The van der Waals surface area contributed by atoms with Gasteiger partial charge in [-0.1, -0.05) is 225 Å². The molecule has 4 aliphatic rings. The van der Waals surface area contributed by atoms with E-state index in [0.717, 1.165) is 25.7 Å². The van der Waals surface area contributed by atoms with Gasteiger partial charge >= 0.3 is 199 Å². The predicted octanol–water partition coefficient (Wildman–Crippen LogP) is 14.1. The molecule has 0 aromatic heterocycles. The van der Waals surface area contributed by atoms with Crippen molar-refractivity contribution in [2.45, 2.75) is 130 Å². The van der Waals surface area contributed by atoms with Gasteiger partial charge in [-0.05, 0) is 47.3 Å². The predicted molar refractivity (Wildman–Crippen MR) is 405 cm³/mol. The molecule has 0 amide bonds. The molecule has 98 heavy (non-hydrogen) atoms. The maximum absolute atomic E-state index is 3.61. The van der Waals surface area contributed by atoms with Crippen LogP contribution in [0.4, 0.5) is 0 Å². The molecular weight excluding hydrogens is 1590 g/mol. The Labute approximate surface area is 629 Å². The molecule has 12 aromatic carbocycles. The summed E-state index contributed by atoms with van der Waals surface area (Å²) < 4.78 is 0. The van der Waals surface area contributed by atoms with Crippen molar-refractivity contribution in [2.75, 3.05) is 0 Å². The normalized spacial score (nSPS) is 12.1. The molecule has 6 heteroatoms. The summed E-state index contributed by atoms with van der Waals surface area (Å²) in [5, 5.41) is 6.15. The summed E-state index contributed by atoms with van der Waals surface area (Å²) in [4.78, 5) is 0. The number of halogens is 2. The fourth-order valence-electron chi connectivity index (χ4n) is 12.7. The van der Waals surface area contributed by atoms with Gasteiger partial charge in [0.25, 0.3) is 0 Å². The number of rotatable bonds is 4. The first-order valence-electron chi connectivity index (χ1n) is 33.9. The van der Waals surface area contributed by atoms with E-state index in [1.165, 1.54) is 178 Å². The van der Waals surface area contributed by atoms with Crippen LogP contribution in [-0.4, -0.2) is 11.0 Å². The van der Waals surface area contributed by atoms with Crippen LogP contribution in [-0.2, 0) is 93.3 Å². The van der Waals surface area contributed by atoms with E-state index in [1.807, 2.05) is 0 Å². The Morgan fingerprint density at radius 1 is 0.224 bits per heavy atom. The Kier molecular flexibility index (Phi) is 25.6. The molecule has 0 radical (unpaired) electrons. The zero-order valence-electron chi connectivity index (χ0n) is 59.0. The van der Waals surface area contributed by atoms with Crippen molar-refractivity contribution in [1.82, 2.24) is 0 Å². The SMILES string of the molecule is CC(C)(C)c1[c-]c2c(cc1)-c1ccccc1C2.CC(C)(C)c1[c-]c2c(cc1)-c1ccccc1C2.CC(C)(C)c1[c-]c2c(cc1)-c1ccccc1C2.CC(C)(C)c1[c-]c2c(cc1)-c1ccccc1C2.[Cl-].[Cl-].[Hf+2]=[Si](c1ccccc1)c1ccccc1.[Hf+2]=[Si](c1ccccc1)c1ccccc1. The molecule has 0 saturated heterocycles. The molecule has 0 atom stereocenters. The van der Waals surface area contributed by atoms with Crippen molar-refractivity contribution in [1.29, 1.82) is 0 Å². The summed E-state index contributed by atoms with van der Waals surface area (Å²) in [7, 11) is 0. The number of fused-ring (bicyclic) bond motifs is 12.